The lowest BCUT2D eigenvalue weighted by Crippen LogP contribution is -1.85. The second-order valence-corrected chi connectivity index (χ2v) is 3.48. The topological polar surface area (TPSA) is 58.3 Å². The van der Waals surface area contributed by atoms with Crippen molar-refractivity contribution in [2.75, 3.05) is 0 Å². The van der Waals surface area contributed by atoms with Crippen molar-refractivity contribution in [3.05, 3.63) is 48.2 Å². The van der Waals surface area contributed by atoms with Gasteiger partial charge in [0.2, 0.25) is 0 Å². The number of hydrogen-bond donors (Lipinski definition) is 0. The maximum atomic E-state index is 8.67. The van der Waals surface area contributed by atoms with E-state index >= 15 is 0 Å². The maximum Gasteiger partial charge on any atom is 0.162 e. The number of ether oxygens (including phenoxy) is 1. The Kier molecular flexibility index (Phi) is 3.77. The van der Waals surface area contributed by atoms with Gasteiger partial charge in [-0.05, 0) is 48.6 Å². The average molecular weight is 253 g/mol. The molecular weight excluding hydrogens is 246 g/mol. The van der Waals surface area contributed by atoms with Crippen LogP contribution in [0.15, 0.2) is 47.6 Å². The Morgan fingerprint density at radius 3 is 2.39 bits per heavy atom. The van der Waals surface area contributed by atoms with Crippen molar-refractivity contribution in [2.24, 2.45) is 4.99 Å². The molecule has 0 saturated carbocycles. The van der Waals surface area contributed by atoms with Crippen molar-refractivity contribution in [2.45, 2.75) is 0 Å². The molecular formula is C13H7N3OS. The van der Waals surface area contributed by atoms with Crippen LogP contribution in [0.25, 0.3) is 0 Å². The third kappa shape index (κ3) is 2.98. The van der Waals surface area contributed by atoms with Crippen molar-refractivity contribution >= 4 is 23.2 Å². The Hall–Kier alpha value is -2.54. The van der Waals surface area contributed by atoms with Crippen molar-refractivity contribution < 1.29 is 4.74 Å². The summed E-state index contributed by atoms with van der Waals surface area (Å²) >= 11 is 4.48. The van der Waals surface area contributed by atoms with Crippen LogP contribution in [0.5, 0.6) is 11.5 Å². The largest absolute Gasteiger partial charge is 0.456 e. The fraction of sp³-hybridized carbons (Fsp3) is 0. The summed E-state index contributed by atoms with van der Waals surface area (Å²) in [6.45, 7) is 0. The lowest BCUT2D eigenvalue weighted by molar-refractivity contribution is 0.480. The molecule has 18 heavy (non-hydrogen) atoms. The van der Waals surface area contributed by atoms with Crippen LogP contribution in [0.2, 0.25) is 0 Å². The van der Waals surface area contributed by atoms with Crippen molar-refractivity contribution in [1.82, 2.24) is 4.98 Å². The Morgan fingerprint density at radius 1 is 1.11 bits per heavy atom. The Bertz CT molecular complexity index is 623. The zero-order chi connectivity index (χ0) is 12.8. The second kappa shape index (κ2) is 5.69. The molecule has 0 aliphatic rings. The molecule has 86 valence electrons. The smallest absolute Gasteiger partial charge is 0.162 e. The minimum absolute atomic E-state index is 0.483. The number of aromatic nitrogens is 1. The van der Waals surface area contributed by atoms with Gasteiger partial charge >= 0.3 is 0 Å². The molecule has 0 aliphatic heterocycles. The van der Waals surface area contributed by atoms with E-state index in [-0.39, 0.29) is 0 Å². The van der Waals surface area contributed by atoms with Crippen LogP contribution in [0.4, 0.5) is 5.82 Å². The fourth-order valence-corrected chi connectivity index (χ4v) is 1.37. The number of thiocarbonyl (C=S) groups is 1. The van der Waals surface area contributed by atoms with Gasteiger partial charge in [0.25, 0.3) is 0 Å². The van der Waals surface area contributed by atoms with Gasteiger partial charge in [-0.2, -0.15) is 10.3 Å². The zero-order valence-corrected chi connectivity index (χ0v) is 10.0. The van der Waals surface area contributed by atoms with E-state index in [0.29, 0.717) is 22.9 Å². The van der Waals surface area contributed by atoms with Gasteiger partial charge in [-0.15, -0.1) is 0 Å². The quantitative estimate of drug-likeness (QED) is 0.620. The maximum absolute atomic E-state index is 8.67. The predicted octanol–water partition coefficient (Wildman–Crippen LogP) is 3.48. The first kappa shape index (κ1) is 11.9. The van der Waals surface area contributed by atoms with E-state index in [9.17, 15) is 0 Å². The average Bonchev–Trinajstić information content (AvgIpc) is 2.42. The number of isothiocyanates is 1. The highest BCUT2D eigenvalue weighted by molar-refractivity contribution is 7.78. The summed E-state index contributed by atoms with van der Waals surface area (Å²) in [5.41, 5.74) is 0.589. The van der Waals surface area contributed by atoms with E-state index in [2.05, 4.69) is 27.4 Å². The number of hydrogen-bond acceptors (Lipinski definition) is 5. The van der Waals surface area contributed by atoms with Crippen LogP contribution >= 0.6 is 12.2 Å². The number of benzene rings is 1. The molecule has 0 fully saturated rings. The highest BCUT2D eigenvalue weighted by Gasteiger charge is 1.98. The molecule has 2 rings (SSSR count). The zero-order valence-electron chi connectivity index (χ0n) is 9.20. The molecule has 1 aromatic carbocycles. The van der Waals surface area contributed by atoms with Crippen molar-refractivity contribution in [3.63, 3.8) is 0 Å². The van der Waals surface area contributed by atoms with Crippen LogP contribution in [0, 0.1) is 11.3 Å². The lowest BCUT2D eigenvalue weighted by atomic mass is 10.2. The predicted molar refractivity (Wildman–Crippen MR) is 70.2 cm³/mol. The SMILES string of the molecule is N#Cc1ccc(Oc2ccc(N=C=S)nc2)cc1. The van der Waals surface area contributed by atoms with Gasteiger partial charge in [-0.1, -0.05) is 0 Å². The number of nitriles is 1. The summed E-state index contributed by atoms with van der Waals surface area (Å²) in [7, 11) is 0. The molecule has 0 aliphatic carbocycles. The first-order valence-electron chi connectivity index (χ1n) is 5.04. The Labute approximate surface area is 109 Å². The molecule has 0 unspecified atom stereocenters. The number of aliphatic imine (C=N–C) groups is 1. The first-order valence-corrected chi connectivity index (χ1v) is 5.44. The number of nitrogens with zero attached hydrogens (tertiary/aromatic N) is 3. The van der Waals surface area contributed by atoms with E-state index in [4.69, 9.17) is 10.00 Å². The van der Waals surface area contributed by atoms with Crippen LogP contribution < -0.4 is 4.74 Å². The van der Waals surface area contributed by atoms with Crippen LogP contribution in [-0.4, -0.2) is 10.1 Å². The molecule has 0 atom stereocenters. The van der Waals surface area contributed by atoms with E-state index < -0.39 is 0 Å². The second-order valence-electron chi connectivity index (χ2n) is 3.29. The molecule has 5 heteroatoms. The van der Waals surface area contributed by atoms with Gasteiger partial charge in [0, 0.05) is 0 Å². The molecule has 0 bridgehead atoms. The van der Waals surface area contributed by atoms with Gasteiger partial charge in [0.15, 0.2) is 5.82 Å². The summed E-state index contributed by atoms with van der Waals surface area (Å²) in [4.78, 5) is 7.76. The monoisotopic (exact) mass is 253 g/mol. The molecule has 1 aromatic heterocycles. The highest BCUT2D eigenvalue weighted by Crippen LogP contribution is 2.22. The summed E-state index contributed by atoms with van der Waals surface area (Å²) in [5, 5.41) is 10.9. The van der Waals surface area contributed by atoms with Crippen molar-refractivity contribution in [3.8, 4) is 17.6 Å². The van der Waals surface area contributed by atoms with Gasteiger partial charge in [0.1, 0.15) is 11.5 Å². The van der Waals surface area contributed by atoms with E-state index in [1.165, 1.54) is 0 Å². The minimum Gasteiger partial charge on any atom is -0.456 e. The summed E-state index contributed by atoms with van der Waals surface area (Å²) in [6.07, 6.45) is 1.55. The number of rotatable bonds is 3. The van der Waals surface area contributed by atoms with E-state index in [1.807, 2.05) is 6.07 Å². The molecule has 0 saturated heterocycles. The van der Waals surface area contributed by atoms with Gasteiger partial charge in [-0.3, -0.25) is 0 Å². The normalized spacial score (nSPS) is 9.06. The third-order valence-electron chi connectivity index (χ3n) is 2.10. The van der Waals surface area contributed by atoms with Gasteiger partial charge in [-0.25, -0.2) is 4.98 Å². The molecule has 0 spiro atoms. The minimum atomic E-state index is 0.483. The summed E-state index contributed by atoms with van der Waals surface area (Å²) in [6, 6.07) is 12.3. The number of pyridine rings is 1. The molecule has 2 aromatic rings. The van der Waals surface area contributed by atoms with Gasteiger partial charge in [0.05, 0.1) is 23.0 Å². The third-order valence-corrected chi connectivity index (χ3v) is 2.19. The van der Waals surface area contributed by atoms with E-state index in [1.54, 1.807) is 42.6 Å². The lowest BCUT2D eigenvalue weighted by Gasteiger charge is -2.04. The molecule has 0 N–H and O–H groups in total. The molecule has 1 heterocycles. The molecule has 4 nitrogen and oxygen atoms in total. The van der Waals surface area contributed by atoms with Crippen LogP contribution in [0.3, 0.4) is 0 Å². The van der Waals surface area contributed by atoms with Crippen LogP contribution in [-0.2, 0) is 0 Å². The standard InChI is InChI=1S/C13H7N3OS/c14-7-10-1-3-11(4-2-10)17-12-5-6-13(15-8-12)16-9-18/h1-6,8H. The Balaban J connectivity index is 2.13. The van der Waals surface area contributed by atoms with Gasteiger partial charge < -0.3 is 4.74 Å². The van der Waals surface area contributed by atoms with Crippen molar-refractivity contribution in [1.29, 1.82) is 5.26 Å². The molecule has 0 radical (unpaired) electrons. The van der Waals surface area contributed by atoms with Crippen LogP contribution in [0.1, 0.15) is 5.56 Å². The summed E-state index contributed by atoms with van der Waals surface area (Å²) in [5.74, 6) is 1.71. The highest BCUT2D eigenvalue weighted by atomic mass is 32.1. The molecule has 0 amide bonds. The Morgan fingerprint density at radius 2 is 1.83 bits per heavy atom. The first-order chi connectivity index (χ1) is 8.81. The fourth-order valence-electron chi connectivity index (χ4n) is 1.28. The summed E-state index contributed by atoms with van der Waals surface area (Å²) < 4.78 is 5.55. The van der Waals surface area contributed by atoms with E-state index in [0.717, 1.165) is 0 Å².